The maximum Gasteiger partial charge on any atom is 0.335 e. The molecule has 1 N–H and O–H groups in total. The number of carbonyl (C=O) groups is 1. The van der Waals surface area contributed by atoms with Crippen LogP contribution in [0.3, 0.4) is 0 Å². The van der Waals surface area contributed by atoms with E-state index in [4.69, 9.17) is 5.11 Å². The highest BCUT2D eigenvalue weighted by atomic mass is 127. The molecule has 0 aliphatic heterocycles. The maximum absolute atomic E-state index is 12.0. The Balaban J connectivity index is 2.02. The van der Waals surface area contributed by atoms with Crippen molar-refractivity contribution in [2.45, 2.75) is 5.75 Å². The largest absolute Gasteiger partial charge is 0.478 e. The van der Waals surface area contributed by atoms with E-state index in [1.54, 1.807) is 23.6 Å². The van der Waals surface area contributed by atoms with Crippen LogP contribution < -0.4 is 0 Å². The monoisotopic (exact) mass is 412 g/mol. The Morgan fingerprint density at radius 3 is 2.43 bits per heavy atom. The molecule has 0 radical (unpaired) electrons. The van der Waals surface area contributed by atoms with Crippen molar-refractivity contribution in [1.82, 2.24) is 0 Å². The van der Waals surface area contributed by atoms with Gasteiger partial charge >= 0.3 is 5.97 Å². The van der Waals surface area contributed by atoms with Gasteiger partial charge in [-0.1, -0.05) is 30.3 Å². The minimum Gasteiger partial charge on any atom is -0.478 e. The lowest BCUT2D eigenvalue weighted by Crippen LogP contribution is -1.95. The molecule has 0 aliphatic rings. The molecule has 5 heteroatoms. The summed E-state index contributed by atoms with van der Waals surface area (Å²) >= 11 is 2.23. The molecule has 2 aromatic rings. The third kappa shape index (κ3) is 4.78. The molecular weight excluding hydrogens is 399 g/mol. The molecule has 0 bridgehead atoms. The van der Waals surface area contributed by atoms with Crippen LogP contribution in [0, 0.1) is 3.57 Å². The highest BCUT2D eigenvalue weighted by Gasteiger charge is 2.03. The molecule has 3 nitrogen and oxygen atoms in total. The Morgan fingerprint density at radius 1 is 1.14 bits per heavy atom. The molecular formula is C16H13IO3S. The van der Waals surface area contributed by atoms with Gasteiger partial charge in [0.15, 0.2) is 0 Å². The lowest BCUT2D eigenvalue weighted by atomic mass is 10.1. The summed E-state index contributed by atoms with van der Waals surface area (Å²) < 4.78 is 13.1. The average Bonchev–Trinajstić information content (AvgIpc) is 2.48. The van der Waals surface area contributed by atoms with Crippen molar-refractivity contribution in [3.05, 3.63) is 74.2 Å². The molecule has 0 aromatic heterocycles. The number of rotatable bonds is 5. The van der Waals surface area contributed by atoms with E-state index in [1.807, 2.05) is 24.3 Å². The van der Waals surface area contributed by atoms with E-state index in [0.29, 0.717) is 5.75 Å². The molecule has 108 valence electrons. The van der Waals surface area contributed by atoms with Gasteiger partial charge in [-0.3, -0.25) is 4.21 Å². The van der Waals surface area contributed by atoms with E-state index in [2.05, 4.69) is 22.6 Å². The quantitative estimate of drug-likeness (QED) is 0.758. The fourth-order valence-electron chi connectivity index (χ4n) is 1.71. The van der Waals surface area contributed by atoms with Crippen molar-refractivity contribution in [2.75, 3.05) is 0 Å². The van der Waals surface area contributed by atoms with Crippen LogP contribution in [0.1, 0.15) is 21.5 Å². The van der Waals surface area contributed by atoms with Crippen molar-refractivity contribution < 1.29 is 14.1 Å². The summed E-state index contributed by atoms with van der Waals surface area (Å²) in [5.41, 5.74) is 2.13. The number of aromatic carboxylic acids is 1. The van der Waals surface area contributed by atoms with Crippen LogP contribution in [0.25, 0.3) is 6.08 Å². The number of halogens is 1. The highest BCUT2D eigenvalue weighted by molar-refractivity contribution is 14.1. The third-order valence-electron chi connectivity index (χ3n) is 2.83. The number of hydrogen-bond acceptors (Lipinski definition) is 2. The summed E-state index contributed by atoms with van der Waals surface area (Å²) in [6.07, 6.45) is 1.75. The lowest BCUT2D eigenvalue weighted by Gasteiger charge is -2.01. The van der Waals surface area contributed by atoms with Crippen LogP contribution in [0.2, 0.25) is 0 Å². The number of carboxylic acids is 1. The summed E-state index contributed by atoms with van der Waals surface area (Å²) in [7, 11) is -1.10. The van der Waals surface area contributed by atoms with Gasteiger partial charge in [0.2, 0.25) is 0 Å². The zero-order valence-electron chi connectivity index (χ0n) is 11.0. The van der Waals surface area contributed by atoms with Gasteiger partial charge in [0.1, 0.15) is 0 Å². The maximum atomic E-state index is 12.0. The first-order valence-corrected chi connectivity index (χ1v) is 8.64. The number of benzene rings is 2. The fraction of sp³-hybridized carbons (Fsp3) is 0.0625. The van der Waals surface area contributed by atoms with Crippen molar-refractivity contribution in [2.24, 2.45) is 0 Å². The molecule has 0 saturated carbocycles. The third-order valence-corrected chi connectivity index (χ3v) is 4.91. The number of carboxylic acid groups (broad SMARTS) is 1. The minimum absolute atomic E-state index is 0.243. The molecule has 0 spiro atoms. The molecule has 0 aliphatic carbocycles. The van der Waals surface area contributed by atoms with Crippen LogP contribution in [0.4, 0.5) is 0 Å². The van der Waals surface area contributed by atoms with E-state index in [9.17, 15) is 9.00 Å². The van der Waals surface area contributed by atoms with Gasteiger partial charge in [-0.2, -0.15) is 0 Å². The van der Waals surface area contributed by atoms with Crippen LogP contribution in [0.15, 0.2) is 53.9 Å². The second-order valence-corrected chi connectivity index (χ2v) is 6.83. The SMILES string of the molecule is O=C(O)c1ccc(/C=C/S(=O)Cc2ccccc2I)cc1. The van der Waals surface area contributed by atoms with E-state index >= 15 is 0 Å². The van der Waals surface area contributed by atoms with E-state index in [1.165, 1.54) is 12.1 Å². The molecule has 0 fully saturated rings. The first-order chi connectivity index (χ1) is 10.1. The van der Waals surface area contributed by atoms with Gasteiger partial charge in [-0.05, 0) is 58.0 Å². The second-order valence-electron chi connectivity index (χ2n) is 4.35. The minimum atomic E-state index is -1.10. The molecule has 1 atom stereocenters. The van der Waals surface area contributed by atoms with Crippen molar-refractivity contribution in [3.63, 3.8) is 0 Å². The molecule has 1 unspecified atom stereocenters. The van der Waals surface area contributed by atoms with Crippen molar-refractivity contribution >= 4 is 45.4 Å². The van der Waals surface area contributed by atoms with Gasteiger partial charge in [0, 0.05) is 8.98 Å². The fourth-order valence-corrected chi connectivity index (χ4v) is 3.51. The first-order valence-electron chi connectivity index (χ1n) is 6.18. The summed E-state index contributed by atoms with van der Waals surface area (Å²) in [6.45, 7) is 0. The zero-order chi connectivity index (χ0) is 15.2. The average molecular weight is 412 g/mol. The normalized spacial score (nSPS) is 12.4. The summed E-state index contributed by atoms with van der Waals surface area (Å²) in [6, 6.07) is 14.3. The Hall–Kier alpha value is -1.47. The molecule has 0 heterocycles. The van der Waals surface area contributed by atoms with Crippen LogP contribution in [-0.2, 0) is 16.6 Å². The van der Waals surface area contributed by atoms with E-state index in [-0.39, 0.29) is 5.56 Å². The van der Waals surface area contributed by atoms with Crippen molar-refractivity contribution in [3.8, 4) is 0 Å². The van der Waals surface area contributed by atoms with E-state index < -0.39 is 16.8 Å². The molecule has 0 amide bonds. The molecule has 2 rings (SSSR count). The predicted molar refractivity (Wildman–Crippen MR) is 93.4 cm³/mol. The molecule has 0 saturated heterocycles. The summed E-state index contributed by atoms with van der Waals surface area (Å²) in [4.78, 5) is 10.7. The summed E-state index contributed by atoms with van der Waals surface area (Å²) in [5.74, 6) is -0.476. The Bertz CT molecular complexity index is 693. The smallest absolute Gasteiger partial charge is 0.335 e. The van der Waals surface area contributed by atoms with E-state index in [0.717, 1.165) is 14.7 Å². The first kappa shape index (κ1) is 15.9. The zero-order valence-corrected chi connectivity index (χ0v) is 14.0. The van der Waals surface area contributed by atoms with Crippen LogP contribution in [-0.4, -0.2) is 15.3 Å². The van der Waals surface area contributed by atoms with Crippen LogP contribution in [0.5, 0.6) is 0 Å². The Kier molecular flexibility index (Phi) is 5.69. The van der Waals surface area contributed by atoms with Gasteiger partial charge in [-0.15, -0.1) is 0 Å². The lowest BCUT2D eigenvalue weighted by molar-refractivity contribution is 0.0697. The van der Waals surface area contributed by atoms with Gasteiger partial charge in [0.25, 0.3) is 0 Å². The van der Waals surface area contributed by atoms with Gasteiger partial charge in [0.05, 0.1) is 22.1 Å². The Labute approximate surface area is 139 Å². The highest BCUT2D eigenvalue weighted by Crippen LogP contribution is 2.14. The summed E-state index contributed by atoms with van der Waals surface area (Å²) in [5, 5.41) is 10.5. The topological polar surface area (TPSA) is 54.4 Å². The molecule has 2 aromatic carbocycles. The second kappa shape index (κ2) is 7.51. The van der Waals surface area contributed by atoms with Crippen molar-refractivity contribution in [1.29, 1.82) is 0 Å². The van der Waals surface area contributed by atoms with Gasteiger partial charge in [-0.25, -0.2) is 4.79 Å². The number of hydrogen-bond donors (Lipinski definition) is 1. The Morgan fingerprint density at radius 2 is 1.81 bits per heavy atom. The van der Waals surface area contributed by atoms with Crippen LogP contribution >= 0.6 is 22.6 Å². The standard InChI is InChI=1S/C16H13IO3S/c17-15-4-2-1-3-14(15)11-21(20)10-9-12-5-7-13(8-6-12)16(18)19/h1-10H,11H2,(H,18,19)/b10-9+. The van der Waals surface area contributed by atoms with Gasteiger partial charge < -0.3 is 5.11 Å². The predicted octanol–water partition coefficient (Wildman–Crippen LogP) is 3.91. The molecule has 21 heavy (non-hydrogen) atoms.